The summed E-state index contributed by atoms with van der Waals surface area (Å²) in [6, 6.07) is 7.79. The number of hydrogen-bond donors (Lipinski definition) is 1. The van der Waals surface area contributed by atoms with Crippen molar-refractivity contribution in [2.75, 3.05) is 29.9 Å². The van der Waals surface area contributed by atoms with E-state index in [9.17, 15) is 4.79 Å². The highest BCUT2D eigenvalue weighted by Gasteiger charge is 2.19. The first-order valence-electron chi connectivity index (χ1n) is 10.9. The third-order valence-corrected chi connectivity index (χ3v) is 6.52. The minimum atomic E-state index is -0.0304. The Kier molecular flexibility index (Phi) is 5.43. The number of nitrogens with zero attached hydrogens (tertiary/aromatic N) is 5. The molecule has 1 fully saturated rings. The summed E-state index contributed by atoms with van der Waals surface area (Å²) in [7, 11) is 1.79. The summed E-state index contributed by atoms with van der Waals surface area (Å²) in [5, 5.41) is 4.75. The van der Waals surface area contributed by atoms with Crippen molar-refractivity contribution in [1.29, 1.82) is 0 Å². The van der Waals surface area contributed by atoms with Gasteiger partial charge in [-0.2, -0.15) is 4.98 Å². The first kappa shape index (κ1) is 20.7. The molecule has 0 unspecified atom stereocenters. The lowest BCUT2D eigenvalue weighted by atomic mass is 10.00. The highest BCUT2D eigenvalue weighted by atomic mass is 35.5. The van der Waals surface area contributed by atoms with Crippen LogP contribution in [0.5, 0.6) is 0 Å². The summed E-state index contributed by atoms with van der Waals surface area (Å²) in [6.45, 7) is 4.80. The third kappa shape index (κ3) is 3.88. The molecule has 5 rings (SSSR count). The van der Waals surface area contributed by atoms with Gasteiger partial charge in [0.25, 0.3) is 5.56 Å². The number of rotatable bonds is 4. The van der Waals surface area contributed by atoms with Gasteiger partial charge in [-0.15, -0.1) is 0 Å². The van der Waals surface area contributed by atoms with Crippen molar-refractivity contribution in [3.8, 4) is 0 Å². The molecule has 2 aromatic heterocycles. The predicted octanol–water partition coefficient (Wildman–Crippen LogP) is 4.43. The minimum absolute atomic E-state index is 0.0304. The number of anilines is 3. The minimum Gasteiger partial charge on any atom is -0.341 e. The molecule has 0 radical (unpaired) electrons. The van der Waals surface area contributed by atoms with Crippen LogP contribution in [-0.4, -0.2) is 40.4 Å². The Hall–Kier alpha value is -3.19. The lowest BCUT2D eigenvalue weighted by molar-refractivity contribution is 0.434. The van der Waals surface area contributed by atoms with E-state index in [1.807, 2.05) is 30.3 Å². The molecule has 0 spiro atoms. The molecule has 1 saturated heterocycles. The molecule has 0 aliphatic carbocycles. The molecule has 1 N–H and O–H groups in total. The van der Waals surface area contributed by atoms with E-state index in [-0.39, 0.29) is 5.56 Å². The normalized spacial score (nSPS) is 16.6. The number of aliphatic imine (C=N–C) groups is 1. The largest absolute Gasteiger partial charge is 0.341 e. The van der Waals surface area contributed by atoms with Gasteiger partial charge in [0.05, 0.1) is 18.3 Å². The zero-order valence-corrected chi connectivity index (χ0v) is 18.9. The quantitative estimate of drug-likeness (QED) is 0.639. The van der Waals surface area contributed by atoms with E-state index in [2.05, 4.69) is 27.1 Å². The SMILES string of the molecule is CC1CCN(c2ncc(Cl)c(Nc3ccc4c(c3)cc(C3=CCN=C3)c(=O)n4C)n2)CC1. The van der Waals surface area contributed by atoms with Gasteiger partial charge in [0.15, 0.2) is 5.82 Å². The molecule has 164 valence electrons. The number of nitrogens with one attached hydrogen (secondary N) is 1. The zero-order chi connectivity index (χ0) is 22.2. The summed E-state index contributed by atoms with van der Waals surface area (Å²) < 4.78 is 1.68. The van der Waals surface area contributed by atoms with Gasteiger partial charge in [-0.3, -0.25) is 9.79 Å². The maximum absolute atomic E-state index is 12.8. The van der Waals surface area contributed by atoms with Crippen molar-refractivity contribution in [3.05, 3.63) is 57.5 Å². The van der Waals surface area contributed by atoms with E-state index in [1.165, 1.54) is 0 Å². The maximum Gasteiger partial charge on any atom is 0.258 e. The highest BCUT2D eigenvalue weighted by Crippen LogP contribution is 2.29. The molecule has 2 aliphatic heterocycles. The summed E-state index contributed by atoms with van der Waals surface area (Å²) in [5.41, 5.74) is 3.19. The number of aryl methyl sites for hydroxylation is 1. The molecular formula is C24H25ClN6O. The van der Waals surface area contributed by atoms with Crippen molar-refractivity contribution in [2.45, 2.75) is 19.8 Å². The smallest absolute Gasteiger partial charge is 0.258 e. The molecule has 0 saturated carbocycles. The van der Waals surface area contributed by atoms with Crippen LogP contribution in [0.1, 0.15) is 25.3 Å². The van der Waals surface area contributed by atoms with Gasteiger partial charge in [-0.1, -0.05) is 24.6 Å². The topological polar surface area (TPSA) is 75.4 Å². The second-order valence-electron chi connectivity index (χ2n) is 8.51. The van der Waals surface area contributed by atoms with Gasteiger partial charge in [0, 0.05) is 48.6 Å². The summed E-state index contributed by atoms with van der Waals surface area (Å²) in [4.78, 5) is 28.4. The zero-order valence-electron chi connectivity index (χ0n) is 18.2. The van der Waals surface area contributed by atoms with Gasteiger partial charge < -0.3 is 14.8 Å². The Bertz CT molecular complexity index is 1300. The van der Waals surface area contributed by atoms with Gasteiger partial charge in [0.1, 0.15) is 5.02 Å². The van der Waals surface area contributed by atoms with Gasteiger partial charge in [-0.05, 0) is 43.0 Å². The number of hydrogen-bond acceptors (Lipinski definition) is 6. The fraction of sp³-hybridized carbons (Fsp3) is 0.333. The van der Waals surface area contributed by atoms with Crippen LogP contribution in [-0.2, 0) is 7.05 Å². The van der Waals surface area contributed by atoms with Crippen molar-refractivity contribution in [1.82, 2.24) is 14.5 Å². The Morgan fingerprint density at radius 3 is 2.75 bits per heavy atom. The predicted molar refractivity (Wildman–Crippen MR) is 131 cm³/mol. The molecule has 2 aliphatic rings. The van der Waals surface area contributed by atoms with Crippen LogP contribution >= 0.6 is 11.6 Å². The summed E-state index contributed by atoms with van der Waals surface area (Å²) in [6.07, 6.45) is 7.66. The van der Waals surface area contributed by atoms with Crippen LogP contribution in [0.3, 0.4) is 0 Å². The van der Waals surface area contributed by atoms with Gasteiger partial charge in [-0.25, -0.2) is 4.98 Å². The average molecular weight is 449 g/mol. The molecule has 8 heteroatoms. The van der Waals surface area contributed by atoms with E-state index < -0.39 is 0 Å². The van der Waals surface area contributed by atoms with Crippen LogP contribution in [0.15, 0.2) is 46.3 Å². The number of benzene rings is 1. The molecule has 0 bridgehead atoms. The first-order valence-corrected chi connectivity index (χ1v) is 11.3. The van der Waals surface area contributed by atoms with Gasteiger partial charge in [0.2, 0.25) is 5.95 Å². The van der Waals surface area contributed by atoms with Gasteiger partial charge >= 0.3 is 0 Å². The van der Waals surface area contributed by atoms with Crippen LogP contribution in [0.4, 0.5) is 17.5 Å². The van der Waals surface area contributed by atoms with Crippen LogP contribution in [0, 0.1) is 5.92 Å². The molecule has 1 aromatic carbocycles. The van der Waals surface area contributed by atoms with E-state index in [0.29, 0.717) is 28.9 Å². The first-order chi connectivity index (χ1) is 15.5. The number of fused-ring (bicyclic) bond motifs is 1. The van der Waals surface area contributed by atoms with E-state index in [1.54, 1.807) is 24.0 Å². The number of halogens is 1. The standard InChI is InChI=1S/C24H25ClN6O/c1-15-6-9-31(10-7-15)24-27-14-20(25)22(29-24)28-18-3-4-21-17(11-18)12-19(23(32)30(21)2)16-5-8-26-13-16/h3-5,11-15H,6-10H2,1-2H3,(H,27,28,29). The van der Waals surface area contributed by atoms with E-state index in [4.69, 9.17) is 16.6 Å². The number of allylic oxidation sites excluding steroid dienone is 1. The number of aromatic nitrogens is 3. The van der Waals surface area contributed by atoms with Crippen LogP contribution in [0.2, 0.25) is 5.02 Å². The second-order valence-corrected chi connectivity index (χ2v) is 8.92. The molecule has 3 aromatic rings. The Labute approximate surface area is 191 Å². The summed E-state index contributed by atoms with van der Waals surface area (Å²) in [5.74, 6) is 2.01. The van der Waals surface area contributed by atoms with Crippen molar-refractivity contribution in [2.24, 2.45) is 18.0 Å². The highest BCUT2D eigenvalue weighted by molar-refractivity contribution is 6.32. The second kappa shape index (κ2) is 8.39. The van der Waals surface area contributed by atoms with Crippen molar-refractivity contribution >= 4 is 51.7 Å². The number of piperidine rings is 1. The molecule has 7 nitrogen and oxygen atoms in total. The Morgan fingerprint density at radius 2 is 2.00 bits per heavy atom. The molecule has 32 heavy (non-hydrogen) atoms. The summed E-state index contributed by atoms with van der Waals surface area (Å²) >= 11 is 6.41. The van der Waals surface area contributed by atoms with Crippen LogP contribution in [0.25, 0.3) is 16.5 Å². The lowest BCUT2D eigenvalue weighted by Gasteiger charge is -2.30. The Morgan fingerprint density at radius 1 is 1.19 bits per heavy atom. The van der Waals surface area contributed by atoms with E-state index >= 15 is 0 Å². The lowest BCUT2D eigenvalue weighted by Crippen LogP contribution is -2.34. The third-order valence-electron chi connectivity index (χ3n) is 6.24. The fourth-order valence-electron chi connectivity index (χ4n) is 4.24. The maximum atomic E-state index is 12.8. The average Bonchev–Trinajstić information content (AvgIpc) is 3.33. The Balaban J connectivity index is 1.48. The molecule has 4 heterocycles. The van der Waals surface area contributed by atoms with Crippen molar-refractivity contribution < 1.29 is 0 Å². The molecule has 0 amide bonds. The fourth-order valence-corrected chi connectivity index (χ4v) is 4.38. The van der Waals surface area contributed by atoms with Crippen LogP contribution < -0.4 is 15.8 Å². The van der Waals surface area contributed by atoms with Crippen molar-refractivity contribution in [3.63, 3.8) is 0 Å². The number of pyridine rings is 1. The molecule has 0 atom stereocenters. The molecular weight excluding hydrogens is 424 g/mol. The monoisotopic (exact) mass is 448 g/mol. The van der Waals surface area contributed by atoms with E-state index in [0.717, 1.165) is 54.0 Å².